The van der Waals surface area contributed by atoms with Gasteiger partial charge in [0.2, 0.25) is 0 Å². The van der Waals surface area contributed by atoms with Crippen molar-refractivity contribution in [1.29, 1.82) is 0 Å². The van der Waals surface area contributed by atoms with Crippen molar-refractivity contribution in [3.8, 4) is 11.5 Å². The molecular formula is C27H33FN2O4. The number of halogens is 1. The molecular weight excluding hydrogens is 435 g/mol. The van der Waals surface area contributed by atoms with Crippen LogP contribution in [-0.2, 0) is 0 Å². The Morgan fingerprint density at radius 3 is 2.91 bits per heavy atom. The van der Waals surface area contributed by atoms with Crippen LogP contribution >= 0.6 is 0 Å². The summed E-state index contributed by atoms with van der Waals surface area (Å²) >= 11 is 0. The van der Waals surface area contributed by atoms with Gasteiger partial charge in [-0.05, 0) is 75.0 Å². The van der Waals surface area contributed by atoms with Crippen LogP contribution in [0.1, 0.15) is 67.4 Å². The van der Waals surface area contributed by atoms with Crippen molar-refractivity contribution in [1.82, 2.24) is 10.5 Å². The lowest BCUT2D eigenvalue weighted by atomic mass is 9.80. The number of Topliss-reactive ketones (excluding diaryl/α,β-unsaturated/α-hetero) is 1. The molecule has 1 aromatic heterocycles. The largest absolute Gasteiger partial charge is 0.493 e. The van der Waals surface area contributed by atoms with Crippen LogP contribution in [0.2, 0.25) is 0 Å². The van der Waals surface area contributed by atoms with Crippen molar-refractivity contribution in [3.63, 3.8) is 0 Å². The number of carbonyl (C=O) groups excluding carboxylic acids is 1. The van der Waals surface area contributed by atoms with Crippen LogP contribution in [-0.4, -0.2) is 37.7 Å². The molecule has 1 N–H and O–H groups in total. The Morgan fingerprint density at radius 2 is 2.09 bits per heavy atom. The molecule has 1 aliphatic rings. The maximum absolute atomic E-state index is 13.5. The number of aromatic nitrogens is 1. The monoisotopic (exact) mass is 468 g/mol. The van der Waals surface area contributed by atoms with Crippen LogP contribution in [0.4, 0.5) is 4.39 Å². The Hall–Kier alpha value is -2.93. The van der Waals surface area contributed by atoms with Crippen molar-refractivity contribution >= 4 is 16.8 Å². The summed E-state index contributed by atoms with van der Waals surface area (Å²) in [5.74, 6) is 1.69. The van der Waals surface area contributed by atoms with Gasteiger partial charge in [-0.25, -0.2) is 4.39 Å². The maximum atomic E-state index is 13.5. The number of rotatable bonds is 11. The van der Waals surface area contributed by atoms with E-state index in [-0.39, 0.29) is 17.5 Å². The number of carbonyl (C=O) groups is 1. The number of hydrogen-bond acceptors (Lipinski definition) is 6. The molecule has 3 aromatic rings. The smallest absolute Gasteiger partial charge is 0.170 e. The average Bonchev–Trinajstić information content (AvgIpc) is 3.28. The number of hydrogen-bond donors (Lipinski definition) is 1. The first-order chi connectivity index (χ1) is 16.6. The van der Waals surface area contributed by atoms with Crippen molar-refractivity contribution in [3.05, 3.63) is 53.5 Å². The first-order valence-corrected chi connectivity index (χ1v) is 12.2. The molecule has 0 spiro atoms. The van der Waals surface area contributed by atoms with Crippen LogP contribution < -0.4 is 14.8 Å². The fourth-order valence-electron chi connectivity index (χ4n) is 4.75. The number of methoxy groups -OCH3 is 1. The zero-order chi connectivity index (χ0) is 23.9. The third-order valence-electron chi connectivity index (χ3n) is 6.64. The third-order valence-corrected chi connectivity index (χ3v) is 6.64. The van der Waals surface area contributed by atoms with Gasteiger partial charge < -0.3 is 19.3 Å². The first-order valence-electron chi connectivity index (χ1n) is 12.2. The summed E-state index contributed by atoms with van der Waals surface area (Å²) in [6.45, 7) is 4.45. The molecule has 0 radical (unpaired) electrons. The number of piperidine rings is 1. The van der Waals surface area contributed by atoms with E-state index in [1.807, 2.05) is 12.1 Å². The van der Waals surface area contributed by atoms with Gasteiger partial charge in [0.05, 0.1) is 19.4 Å². The minimum absolute atomic E-state index is 0.130. The second-order valence-electron chi connectivity index (χ2n) is 8.95. The van der Waals surface area contributed by atoms with E-state index in [0.717, 1.165) is 56.3 Å². The molecule has 1 fully saturated rings. The standard InChI is InChI=1S/C27H33FN2O4/c1-3-4-7-23(31)18-8-11-24(26(15-18)32-2)33-14-5-6-19-17-29-13-12-21(19)27-22-10-9-20(28)16-25(22)34-30-27/h8-11,15-16,19,21,29H,3-7,12-14,17H2,1-2H3. The molecule has 0 saturated carbocycles. The Bertz CT molecular complexity index is 1110. The van der Waals surface area contributed by atoms with Gasteiger partial charge in [-0.3, -0.25) is 4.79 Å². The zero-order valence-corrected chi connectivity index (χ0v) is 19.9. The second kappa shape index (κ2) is 11.5. The lowest BCUT2D eigenvalue weighted by Gasteiger charge is -2.31. The molecule has 182 valence electrons. The molecule has 1 aliphatic heterocycles. The molecule has 2 atom stereocenters. The molecule has 2 heterocycles. The Kier molecular flexibility index (Phi) is 8.16. The highest BCUT2D eigenvalue weighted by atomic mass is 19.1. The van der Waals surface area contributed by atoms with E-state index >= 15 is 0 Å². The Labute approximate surface area is 199 Å². The number of fused-ring (bicyclic) bond motifs is 1. The third kappa shape index (κ3) is 5.58. The van der Waals surface area contributed by atoms with Gasteiger partial charge >= 0.3 is 0 Å². The van der Waals surface area contributed by atoms with Gasteiger partial charge in [0.1, 0.15) is 5.82 Å². The van der Waals surface area contributed by atoms with E-state index in [4.69, 9.17) is 14.0 Å². The van der Waals surface area contributed by atoms with Crippen molar-refractivity contribution in [2.75, 3.05) is 26.8 Å². The minimum atomic E-state index is -0.317. The van der Waals surface area contributed by atoms with E-state index < -0.39 is 0 Å². The van der Waals surface area contributed by atoms with Gasteiger partial charge in [-0.1, -0.05) is 18.5 Å². The molecule has 7 heteroatoms. The fourth-order valence-corrected chi connectivity index (χ4v) is 4.75. The van der Waals surface area contributed by atoms with E-state index in [1.165, 1.54) is 12.1 Å². The summed E-state index contributed by atoms with van der Waals surface area (Å²) in [7, 11) is 1.59. The van der Waals surface area contributed by atoms with E-state index in [1.54, 1.807) is 19.2 Å². The topological polar surface area (TPSA) is 73.6 Å². The number of ether oxygens (including phenoxy) is 2. The number of nitrogens with zero attached hydrogens (tertiary/aromatic N) is 1. The lowest BCUT2D eigenvalue weighted by molar-refractivity contribution is 0.0979. The summed E-state index contributed by atoms with van der Waals surface area (Å²) in [4.78, 5) is 12.3. The summed E-state index contributed by atoms with van der Waals surface area (Å²) in [5.41, 5.74) is 2.08. The predicted molar refractivity (Wildman–Crippen MR) is 129 cm³/mol. The summed E-state index contributed by atoms with van der Waals surface area (Å²) in [5, 5.41) is 8.68. The first kappa shape index (κ1) is 24.2. The SMILES string of the molecule is CCCCC(=O)c1ccc(OCCCC2CNCCC2c2noc3cc(F)ccc23)c(OC)c1. The molecule has 4 rings (SSSR count). The second-order valence-corrected chi connectivity index (χ2v) is 8.95. The maximum Gasteiger partial charge on any atom is 0.170 e. The lowest BCUT2D eigenvalue weighted by Crippen LogP contribution is -2.35. The molecule has 0 bridgehead atoms. The number of unbranched alkanes of at least 4 members (excludes halogenated alkanes) is 1. The minimum Gasteiger partial charge on any atom is -0.493 e. The normalized spacial score (nSPS) is 18.2. The van der Waals surface area contributed by atoms with Crippen LogP contribution in [0.5, 0.6) is 11.5 Å². The Morgan fingerprint density at radius 1 is 1.21 bits per heavy atom. The zero-order valence-electron chi connectivity index (χ0n) is 19.9. The number of benzene rings is 2. The summed E-state index contributed by atoms with van der Waals surface area (Å²) in [6.07, 6.45) is 5.22. The quantitative estimate of drug-likeness (QED) is 0.279. The van der Waals surface area contributed by atoms with E-state index in [9.17, 15) is 9.18 Å². The molecule has 2 aromatic carbocycles. The van der Waals surface area contributed by atoms with E-state index in [0.29, 0.717) is 41.6 Å². The van der Waals surface area contributed by atoms with Crippen LogP contribution in [0.15, 0.2) is 40.9 Å². The van der Waals surface area contributed by atoms with Crippen LogP contribution in [0, 0.1) is 11.7 Å². The highest BCUT2D eigenvalue weighted by Crippen LogP contribution is 2.37. The van der Waals surface area contributed by atoms with Gasteiger partial charge in [-0.2, -0.15) is 0 Å². The van der Waals surface area contributed by atoms with E-state index in [2.05, 4.69) is 17.4 Å². The Balaban J connectivity index is 1.35. The summed E-state index contributed by atoms with van der Waals surface area (Å²) < 4.78 is 30.4. The molecule has 6 nitrogen and oxygen atoms in total. The predicted octanol–water partition coefficient (Wildman–Crippen LogP) is 5.90. The van der Waals surface area contributed by atoms with Gasteiger partial charge in [0.25, 0.3) is 0 Å². The molecule has 0 aliphatic carbocycles. The molecule has 2 unspecified atom stereocenters. The summed E-state index contributed by atoms with van der Waals surface area (Å²) in [6, 6.07) is 10.0. The van der Waals surface area contributed by atoms with Crippen LogP contribution in [0.3, 0.4) is 0 Å². The van der Waals surface area contributed by atoms with Crippen LogP contribution in [0.25, 0.3) is 11.0 Å². The van der Waals surface area contributed by atoms with Crippen molar-refractivity contribution < 1.29 is 23.2 Å². The highest BCUT2D eigenvalue weighted by molar-refractivity contribution is 5.96. The van der Waals surface area contributed by atoms with Gasteiger partial charge in [0.15, 0.2) is 22.9 Å². The molecule has 34 heavy (non-hydrogen) atoms. The van der Waals surface area contributed by atoms with Gasteiger partial charge in [-0.15, -0.1) is 0 Å². The van der Waals surface area contributed by atoms with Crippen molar-refractivity contribution in [2.45, 2.75) is 51.4 Å². The fraction of sp³-hybridized carbons (Fsp3) is 0.481. The molecule has 0 amide bonds. The van der Waals surface area contributed by atoms with Gasteiger partial charge in [0, 0.05) is 29.4 Å². The van der Waals surface area contributed by atoms with Crippen molar-refractivity contribution in [2.24, 2.45) is 5.92 Å². The molecule has 1 saturated heterocycles. The number of ketones is 1. The average molecular weight is 469 g/mol. The highest BCUT2D eigenvalue weighted by Gasteiger charge is 2.30. The number of nitrogens with one attached hydrogen (secondary N) is 1.